The van der Waals surface area contributed by atoms with E-state index >= 15 is 0 Å². The first-order valence-corrected chi connectivity index (χ1v) is 32.4. The van der Waals surface area contributed by atoms with Gasteiger partial charge in [-0.1, -0.05) is 0 Å². The zero-order chi connectivity index (χ0) is 65.8. The van der Waals surface area contributed by atoms with Gasteiger partial charge in [0.15, 0.2) is 5.96 Å². The second-order valence-electron chi connectivity index (χ2n) is 19.8. The van der Waals surface area contributed by atoms with E-state index in [1.807, 2.05) is 16.0 Å². The number of rotatable bonds is 37. The molecule has 0 spiro atoms. The van der Waals surface area contributed by atoms with E-state index in [-0.39, 0.29) is 77.9 Å². The molecule has 1 saturated heterocycles. The summed E-state index contributed by atoms with van der Waals surface area (Å²) in [6.07, 6.45) is 1.84. The molecule has 1 fully saturated rings. The molecule has 2 heterocycles. The minimum absolute atomic E-state index is 0.0247. The van der Waals surface area contributed by atoms with Crippen molar-refractivity contribution in [2.45, 2.75) is 140 Å². The Balaban J connectivity index is 1.75. The average molecular weight is 1500 g/mol. The van der Waals surface area contributed by atoms with Crippen molar-refractivity contribution in [3.8, 4) is 5.75 Å². The summed E-state index contributed by atoms with van der Waals surface area (Å²) in [5.74, 6) is -12.6. The number of hydrogen-bond acceptors (Lipinski definition) is 18. The number of aliphatic hydroxyl groups is 1. The fourth-order valence-electron chi connectivity index (χ4n) is 8.30. The average Bonchev–Trinajstić information content (AvgIpc) is 4.42. The van der Waals surface area contributed by atoms with Gasteiger partial charge in [0.05, 0.1) is 12.0 Å². The fourth-order valence-corrected chi connectivity index (χ4v) is 10.2. The molecule has 0 unspecified atom stereocenters. The molecule has 1 aromatic heterocycles. The Morgan fingerprint density at radius 2 is 1.20 bits per heavy atom. The number of primary amides is 1. The van der Waals surface area contributed by atoms with E-state index in [4.69, 9.17) is 22.6 Å². The molecule has 11 atom stereocenters. The van der Waals surface area contributed by atoms with Crippen molar-refractivity contribution in [1.29, 1.82) is 5.41 Å². The van der Waals surface area contributed by atoms with Gasteiger partial charge in [0.1, 0.15) is 5.75 Å². The Hall–Kier alpha value is -7.39. The number of phenolic OH excluding ortho intramolecular Hbond substituents is 1. The molecule has 1 aliphatic heterocycles. The molecule has 1 aromatic carbocycles. The van der Waals surface area contributed by atoms with Gasteiger partial charge in [0.25, 0.3) is 0 Å². The van der Waals surface area contributed by atoms with Crippen molar-refractivity contribution in [1.82, 2.24) is 73.4 Å². The van der Waals surface area contributed by atoms with Crippen LogP contribution < -0.4 is 75.7 Å². The van der Waals surface area contributed by atoms with E-state index in [0.29, 0.717) is 12.0 Å². The van der Waals surface area contributed by atoms with Crippen LogP contribution in [0.5, 0.6) is 5.75 Å². The molecular weight excluding hydrogens is 1420 g/mol. The molecule has 1 aliphatic rings. The van der Waals surface area contributed by atoms with Crippen LogP contribution >= 0.6 is 0 Å². The van der Waals surface area contributed by atoms with Crippen molar-refractivity contribution < 1.29 is 77.6 Å². The number of aliphatic carboxylic acids is 1. The number of nitrogens with two attached hydrogens (primary N) is 3. The van der Waals surface area contributed by atoms with Gasteiger partial charge in [-0.15, -0.1) is 0 Å². The summed E-state index contributed by atoms with van der Waals surface area (Å²) in [7, 11) is 0. The summed E-state index contributed by atoms with van der Waals surface area (Å²) in [6.45, 7) is -0.388. The van der Waals surface area contributed by atoms with Crippen LogP contribution in [0, 0.1) is 5.41 Å². The van der Waals surface area contributed by atoms with Crippen molar-refractivity contribution >= 4 is 147 Å². The van der Waals surface area contributed by atoms with Crippen LogP contribution in [-0.4, -0.2) is 270 Å². The van der Waals surface area contributed by atoms with Crippen molar-refractivity contribution in [3.63, 3.8) is 0 Å². The van der Waals surface area contributed by atoms with E-state index in [2.05, 4.69) is 116 Å². The zero-order valence-corrected chi connectivity index (χ0v) is 55.0. The van der Waals surface area contributed by atoms with Crippen molar-refractivity contribution in [3.05, 3.63) is 48.0 Å². The standard InChI is InChI=1S/C50H76N18O16Se4/c1-23(59-47(81)36-5-3-11-68(36)48(82)31(14-37(52)71)63-46(80)34(20-87)66-40(74)27(51)18-85)39(73)65-33(19-86)41(75)57-16-38(72)60-28(4-2-10-56-50(53)54)42(76)62-30(13-25-15-55-22-58-25)44(78)61-29(12-24-6-8-26(70)9-7-24)43(77)64-32(17-69)45(79)67-35(21-88)49(83)84/h6-9,15,22-23,27-36,69-70,85-88H,2-5,10-14,16-21,51H2,1H3,(H2,52,71)(H,55,58)(H,57,75)(H,59,81)(H,60,72)(H,61,78)(H,62,76)(H,63,80)(H,64,77)(H,65,73)(H,66,74)(H,67,79)(H,83,84)(H4,53,54,56)/t23-,27-,28-,29-,30-,31-,32-,33-,34-,35-,36-/m0/s1. The maximum atomic E-state index is 14.3. The number of phenols is 1. The quantitative estimate of drug-likeness (QED) is 0.0129. The number of aromatic hydroxyl groups is 1. The third-order valence-electron chi connectivity index (χ3n) is 13.1. The topological polar surface area (TPSA) is 549 Å². The number of aliphatic hydroxyl groups excluding tert-OH is 1. The fraction of sp³-hybridized carbons (Fsp3) is 0.540. The summed E-state index contributed by atoms with van der Waals surface area (Å²) in [5.41, 5.74) is 17.2. The van der Waals surface area contributed by atoms with E-state index in [1.54, 1.807) is 0 Å². The van der Waals surface area contributed by atoms with Crippen LogP contribution in [-0.2, 0) is 75.2 Å². The monoisotopic (exact) mass is 1500 g/mol. The number of carboxylic acids is 1. The second-order valence-corrected chi connectivity index (χ2v) is 22.9. The van der Waals surface area contributed by atoms with E-state index in [1.165, 1.54) is 43.7 Å². The van der Waals surface area contributed by atoms with Gasteiger partial charge in [-0.05, 0) is 0 Å². The number of benzene rings is 1. The third-order valence-corrected chi connectivity index (χ3v) is 16.2. The summed E-state index contributed by atoms with van der Waals surface area (Å²) >= 11 is 8.31. The minimum atomic E-state index is -1.69. The number of imidazole rings is 1. The van der Waals surface area contributed by atoms with E-state index in [0.717, 1.165) is 4.90 Å². The maximum absolute atomic E-state index is 14.3. The molecular formula is C50H76N18O16Se4. The molecule has 0 radical (unpaired) electrons. The van der Waals surface area contributed by atoms with E-state index in [9.17, 15) is 77.6 Å². The van der Waals surface area contributed by atoms with Gasteiger partial charge in [-0.2, -0.15) is 0 Å². The molecule has 34 nitrogen and oxygen atoms in total. The number of nitrogens with one attached hydrogen (secondary N) is 13. The normalized spacial score (nSPS) is 16.1. The number of guanidine groups is 1. The number of aromatic amines is 1. The molecule has 0 aliphatic carbocycles. The van der Waals surface area contributed by atoms with Gasteiger partial charge >= 0.3 is 484 Å². The van der Waals surface area contributed by atoms with Crippen LogP contribution in [0.25, 0.3) is 0 Å². The van der Waals surface area contributed by atoms with Crippen LogP contribution in [0.3, 0.4) is 0 Å². The molecule has 38 heteroatoms. The van der Waals surface area contributed by atoms with Gasteiger partial charge in [-0.3, -0.25) is 5.41 Å². The first-order chi connectivity index (χ1) is 41.7. The van der Waals surface area contributed by atoms with Crippen molar-refractivity contribution in [2.24, 2.45) is 17.2 Å². The number of H-pyrrole nitrogens is 1. The van der Waals surface area contributed by atoms with Crippen LogP contribution in [0.4, 0.5) is 0 Å². The van der Waals surface area contributed by atoms with Crippen molar-refractivity contribution in [2.75, 3.05) is 26.2 Å². The van der Waals surface area contributed by atoms with E-state index < -0.39 is 169 Å². The Morgan fingerprint density at radius 1 is 0.670 bits per heavy atom. The van der Waals surface area contributed by atoms with Gasteiger partial charge in [0, 0.05) is 6.20 Å². The SMILES string of the molecule is C[C@H](NC(=O)[C@@H]1CCCN1C(=O)[C@H](CC(N)=O)NC(=O)[C@H](C[SeH])NC(=O)[C@@H](N)C[SeH])C(=O)N[C@@H](C[SeH])C(=O)NCC(=O)N[C@@H](CCCNC(=N)N)C(=O)N[C@@H](Cc1c[nH]cn1)C(=O)N[C@@H](Cc1ccc(O)cc1)C(=O)N[C@@H](CO)C(=O)N[C@@H](C[SeH])C(=O)O. The first kappa shape index (κ1) is 74.9. The number of amides is 12. The Kier molecular flexibility index (Phi) is 32.4. The molecule has 12 amide bonds. The Bertz CT molecular complexity index is 2790. The summed E-state index contributed by atoms with van der Waals surface area (Å²) in [4.78, 5) is 181. The first-order valence-electron chi connectivity index (χ1n) is 27.1. The molecule has 2 aromatic rings. The number of carboxylic acid groups (broad SMARTS) is 1. The molecule has 22 N–H and O–H groups in total. The molecule has 3 rings (SSSR count). The van der Waals surface area contributed by atoms with Crippen LogP contribution in [0.2, 0.25) is 21.3 Å². The number of aromatic nitrogens is 2. The number of likely N-dealkylation sites (tertiary alicyclic amines) is 1. The summed E-state index contributed by atoms with van der Waals surface area (Å²) in [6, 6.07) is -9.59. The second kappa shape index (κ2) is 38.1. The predicted molar refractivity (Wildman–Crippen MR) is 318 cm³/mol. The molecule has 0 saturated carbocycles. The van der Waals surface area contributed by atoms with Crippen LogP contribution in [0.15, 0.2) is 36.8 Å². The van der Waals surface area contributed by atoms with Gasteiger partial charge < -0.3 is 15.8 Å². The summed E-state index contributed by atoms with van der Waals surface area (Å²) in [5, 5.41) is 64.0. The third kappa shape index (κ3) is 25.0. The zero-order valence-electron chi connectivity index (χ0n) is 47.5. The number of carbonyl (C=O) groups is 13. The Morgan fingerprint density at radius 3 is 1.76 bits per heavy atom. The Labute approximate surface area is 537 Å². The number of carbonyl (C=O) groups excluding carboxylic acids is 12. The summed E-state index contributed by atoms with van der Waals surface area (Å²) < 4.78 is 0. The predicted octanol–water partition coefficient (Wildman–Crippen LogP) is -10.8. The molecule has 88 heavy (non-hydrogen) atoms. The number of nitrogens with zero attached hydrogens (tertiary/aromatic N) is 2. The molecule has 486 valence electrons. The van der Waals surface area contributed by atoms with Gasteiger partial charge in [-0.25, -0.2) is 4.98 Å². The van der Waals surface area contributed by atoms with Crippen LogP contribution in [0.1, 0.15) is 50.3 Å². The molecule has 0 bridgehead atoms. The van der Waals surface area contributed by atoms with Gasteiger partial charge in [0.2, 0.25) is 0 Å². The number of hydrogen-bond donors (Lipinski definition) is 19.